The van der Waals surface area contributed by atoms with Crippen LogP contribution in [0.4, 0.5) is 0 Å². The van der Waals surface area contributed by atoms with E-state index in [1.165, 1.54) is 12.8 Å². The molecule has 1 aliphatic carbocycles. The van der Waals surface area contributed by atoms with Gasteiger partial charge in [0.05, 0.1) is 34.5 Å². The molecular weight excluding hydrogens is 587 g/mol. The maximum absolute atomic E-state index is 7.00. The van der Waals surface area contributed by atoms with E-state index < -0.39 is 0 Å². The average Bonchev–Trinajstić information content (AvgIpc) is 3.58. The SMILES string of the molecule is CCNC1CCCC(N=C(C)/C(=C(\N)c2ccc3c(cnn3C)c2)c2c(Cl)c(C)cc3[nH]ncc23)C1.N=N/C=C\[NH-].[CH3-].[K+]. The summed E-state index contributed by atoms with van der Waals surface area (Å²) in [5.41, 5.74) is 26.4. The third-order valence-corrected chi connectivity index (χ3v) is 7.95. The summed E-state index contributed by atoms with van der Waals surface area (Å²) < 4.78 is 1.86. The number of hydrogen-bond acceptors (Lipinski definition) is 7. The van der Waals surface area contributed by atoms with Crippen LogP contribution in [0.3, 0.4) is 0 Å². The molecule has 0 saturated heterocycles. The van der Waals surface area contributed by atoms with Crippen LogP contribution in [0.1, 0.15) is 56.2 Å². The molecule has 0 radical (unpaired) electrons. The summed E-state index contributed by atoms with van der Waals surface area (Å²) in [5.74, 6) is 0. The van der Waals surface area contributed by atoms with Crippen LogP contribution in [0.25, 0.3) is 38.8 Å². The fraction of sp³-hybridized carbons (Fsp3) is 0.355. The Balaban J connectivity index is 0.000000854. The molecule has 1 fully saturated rings. The molecule has 2 aromatic carbocycles. The molecule has 0 amide bonds. The average molecular weight is 628 g/mol. The van der Waals surface area contributed by atoms with Crippen molar-refractivity contribution in [3.63, 3.8) is 0 Å². The number of aromatic amines is 1. The summed E-state index contributed by atoms with van der Waals surface area (Å²) in [4.78, 5) is 5.25. The third-order valence-electron chi connectivity index (χ3n) is 7.47. The number of nitrogens with zero attached hydrogens (tertiary/aromatic N) is 5. The Morgan fingerprint density at radius 3 is 2.74 bits per heavy atom. The smallest absolute Gasteiger partial charge is 0.704 e. The van der Waals surface area contributed by atoms with E-state index in [2.05, 4.69) is 51.7 Å². The van der Waals surface area contributed by atoms with Crippen molar-refractivity contribution in [2.45, 2.75) is 58.5 Å². The molecule has 12 heteroatoms. The van der Waals surface area contributed by atoms with Crippen molar-refractivity contribution in [3.05, 3.63) is 83.9 Å². The maximum Gasteiger partial charge on any atom is 1.00 e. The summed E-state index contributed by atoms with van der Waals surface area (Å²) in [6.07, 6.45) is 10.2. The Bertz CT molecular complexity index is 1620. The van der Waals surface area contributed by atoms with Crippen LogP contribution in [0.15, 0.2) is 59.2 Å². The van der Waals surface area contributed by atoms with Gasteiger partial charge in [0.15, 0.2) is 0 Å². The largest absolute Gasteiger partial charge is 1.00 e. The van der Waals surface area contributed by atoms with Crippen molar-refractivity contribution in [2.24, 2.45) is 22.9 Å². The molecular formula is C31H41ClKN10-. The van der Waals surface area contributed by atoms with Gasteiger partial charge in [-0.1, -0.05) is 24.6 Å². The number of aromatic nitrogens is 4. The second-order valence-electron chi connectivity index (χ2n) is 10.3. The van der Waals surface area contributed by atoms with Crippen molar-refractivity contribution in [3.8, 4) is 0 Å². The van der Waals surface area contributed by atoms with Crippen molar-refractivity contribution in [1.29, 1.82) is 5.53 Å². The van der Waals surface area contributed by atoms with Gasteiger partial charge in [0, 0.05) is 52.6 Å². The Hall–Kier alpha value is -2.38. The minimum absolute atomic E-state index is 0. The van der Waals surface area contributed by atoms with Crippen molar-refractivity contribution < 1.29 is 51.4 Å². The summed E-state index contributed by atoms with van der Waals surface area (Å²) >= 11 is 7.00. The van der Waals surface area contributed by atoms with Gasteiger partial charge in [0.2, 0.25) is 0 Å². The molecule has 4 aromatic rings. The van der Waals surface area contributed by atoms with Gasteiger partial charge in [-0.05, 0) is 75.4 Å². The molecule has 6 N–H and O–H groups in total. The first kappa shape index (κ1) is 36.8. The normalized spacial score (nSPS) is 17.6. The number of aliphatic imine (C=N–C) groups is 1. The molecule has 5 rings (SSSR count). The van der Waals surface area contributed by atoms with E-state index in [4.69, 9.17) is 33.6 Å². The van der Waals surface area contributed by atoms with Gasteiger partial charge >= 0.3 is 51.4 Å². The number of benzene rings is 2. The summed E-state index contributed by atoms with van der Waals surface area (Å²) in [5, 5.41) is 20.8. The third kappa shape index (κ3) is 8.63. The Morgan fingerprint density at radius 2 is 2.07 bits per heavy atom. The van der Waals surface area contributed by atoms with E-state index in [0.717, 1.165) is 81.6 Å². The monoisotopic (exact) mass is 627 g/mol. The predicted molar refractivity (Wildman–Crippen MR) is 175 cm³/mol. The summed E-state index contributed by atoms with van der Waals surface area (Å²) in [6.45, 7) is 7.21. The van der Waals surface area contributed by atoms with Crippen LogP contribution < -0.4 is 62.4 Å². The molecule has 2 aromatic heterocycles. The molecule has 2 heterocycles. The van der Waals surface area contributed by atoms with E-state index in [-0.39, 0.29) is 64.9 Å². The molecule has 0 aliphatic heterocycles. The molecule has 43 heavy (non-hydrogen) atoms. The van der Waals surface area contributed by atoms with Crippen LogP contribution in [-0.2, 0) is 7.05 Å². The Morgan fingerprint density at radius 1 is 1.30 bits per heavy atom. The van der Waals surface area contributed by atoms with Crippen LogP contribution >= 0.6 is 11.6 Å². The standard InChI is InChI=1S/C28H34ClN7.C2H4N3.CH3.K/c1-5-31-20-7-6-8-21(13-20)34-17(3)25(26-22-15-32-35-23(22)11-16(2)27(26)29)28(30)18-9-10-24-19(12-18)14-33-36(24)4;3-1-2-5-4;;/h9-12,14-15,20-21,31H,5-8,13,30H2,1-4H3,(H,32,35);1-4H;1H3;/q;2*-1;+1/b28-25+,34-17?;2-1-,5-4?;;. The maximum atomic E-state index is 7.00. The summed E-state index contributed by atoms with van der Waals surface area (Å²) in [7, 11) is 1.94. The second-order valence-corrected chi connectivity index (χ2v) is 10.7. The minimum Gasteiger partial charge on any atom is -0.704 e. The number of rotatable bonds is 7. The van der Waals surface area contributed by atoms with E-state index in [1.807, 2.05) is 43.2 Å². The molecule has 1 aliphatic rings. The number of nitrogens with one attached hydrogen (secondary N) is 4. The predicted octanol–water partition coefficient (Wildman–Crippen LogP) is 4.62. The number of halogens is 1. The van der Waals surface area contributed by atoms with Crippen LogP contribution in [0.2, 0.25) is 5.02 Å². The topological polar surface area (TPSA) is 157 Å². The van der Waals surface area contributed by atoms with Gasteiger partial charge in [-0.15, -0.1) is 0 Å². The van der Waals surface area contributed by atoms with Gasteiger partial charge < -0.3 is 24.2 Å². The molecule has 2 unspecified atom stereocenters. The van der Waals surface area contributed by atoms with E-state index in [1.54, 1.807) is 0 Å². The van der Waals surface area contributed by atoms with Gasteiger partial charge in [0.25, 0.3) is 0 Å². The zero-order chi connectivity index (χ0) is 29.5. The van der Waals surface area contributed by atoms with Gasteiger partial charge in [-0.25, -0.2) is 5.53 Å². The van der Waals surface area contributed by atoms with Crippen LogP contribution in [0, 0.1) is 19.9 Å². The van der Waals surface area contributed by atoms with Gasteiger partial charge in [0.1, 0.15) is 0 Å². The van der Waals surface area contributed by atoms with E-state index >= 15 is 0 Å². The quantitative estimate of drug-likeness (QED) is 0.0775. The van der Waals surface area contributed by atoms with E-state index in [0.29, 0.717) is 16.8 Å². The number of nitrogens with two attached hydrogens (primary N) is 1. The molecule has 10 nitrogen and oxygen atoms in total. The Kier molecular flexibility index (Phi) is 14.7. The molecule has 2 atom stereocenters. The number of fused-ring (bicyclic) bond motifs is 2. The summed E-state index contributed by atoms with van der Waals surface area (Å²) in [6, 6.07) is 8.97. The van der Waals surface area contributed by atoms with Gasteiger partial charge in [-0.3, -0.25) is 14.8 Å². The fourth-order valence-corrected chi connectivity index (χ4v) is 5.81. The number of allylic oxidation sites excluding steroid dienone is 1. The zero-order valence-electron chi connectivity index (χ0n) is 26.0. The molecule has 224 valence electrons. The number of H-pyrrole nitrogens is 1. The number of aryl methyl sites for hydroxylation is 2. The zero-order valence-corrected chi connectivity index (χ0v) is 29.9. The first-order chi connectivity index (χ1) is 19.8. The van der Waals surface area contributed by atoms with Crippen molar-refractivity contribution in [1.82, 2.24) is 25.3 Å². The van der Waals surface area contributed by atoms with Crippen molar-refractivity contribution in [2.75, 3.05) is 6.54 Å². The van der Waals surface area contributed by atoms with E-state index in [9.17, 15) is 0 Å². The van der Waals surface area contributed by atoms with Gasteiger partial charge in [-0.2, -0.15) is 21.5 Å². The second kappa shape index (κ2) is 17.2. The molecule has 0 bridgehead atoms. The molecule has 1 saturated carbocycles. The first-order valence-electron chi connectivity index (χ1n) is 13.8. The van der Waals surface area contributed by atoms with Crippen molar-refractivity contribution >= 4 is 50.4 Å². The molecule has 0 spiro atoms. The van der Waals surface area contributed by atoms with Crippen LogP contribution in [-0.4, -0.2) is 44.3 Å². The van der Waals surface area contributed by atoms with Crippen LogP contribution in [0.5, 0.6) is 0 Å². The Labute approximate surface area is 301 Å². The first-order valence-corrected chi connectivity index (χ1v) is 14.2. The fourth-order valence-electron chi connectivity index (χ4n) is 5.56. The minimum atomic E-state index is 0. The number of hydrogen-bond donors (Lipinski definition) is 4.